The SMILES string of the molecule is CCOC(=O)C(CC)N1c2ccccc2C=Cc2ccccc21. The van der Waals surface area contributed by atoms with Crippen molar-refractivity contribution in [1.29, 1.82) is 0 Å². The highest BCUT2D eigenvalue weighted by molar-refractivity contribution is 5.93. The Balaban J connectivity index is 2.17. The van der Waals surface area contributed by atoms with Crippen molar-refractivity contribution in [3.05, 3.63) is 59.7 Å². The molecule has 1 aliphatic heterocycles. The van der Waals surface area contributed by atoms with Gasteiger partial charge in [-0.3, -0.25) is 0 Å². The van der Waals surface area contributed by atoms with Gasteiger partial charge in [0.25, 0.3) is 0 Å². The molecule has 2 aromatic rings. The first-order valence-electron chi connectivity index (χ1n) is 8.08. The van der Waals surface area contributed by atoms with Crippen LogP contribution in [0, 0.1) is 0 Å². The predicted octanol–water partition coefficient (Wildman–Crippen LogP) is 4.65. The van der Waals surface area contributed by atoms with Crippen LogP contribution < -0.4 is 4.90 Å². The van der Waals surface area contributed by atoms with E-state index in [2.05, 4.69) is 41.3 Å². The maximum Gasteiger partial charge on any atom is 0.329 e. The number of hydrogen-bond acceptors (Lipinski definition) is 3. The Labute approximate surface area is 137 Å². The maximum absolute atomic E-state index is 12.5. The van der Waals surface area contributed by atoms with Gasteiger partial charge >= 0.3 is 5.97 Å². The highest BCUT2D eigenvalue weighted by Gasteiger charge is 2.30. The van der Waals surface area contributed by atoms with E-state index in [9.17, 15) is 4.79 Å². The first-order valence-corrected chi connectivity index (χ1v) is 8.08. The number of hydrogen-bond donors (Lipinski definition) is 0. The Bertz CT molecular complexity index is 686. The normalized spacial score (nSPS) is 13.7. The molecule has 3 rings (SSSR count). The van der Waals surface area contributed by atoms with Crippen LogP contribution in [0.1, 0.15) is 31.4 Å². The van der Waals surface area contributed by atoms with Crippen LogP contribution >= 0.6 is 0 Å². The van der Waals surface area contributed by atoms with Gasteiger partial charge in [-0.1, -0.05) is 55.5 Å². The average Bonchev–Trinajstić information content (AvgIpc) is 2.74. The van der Waals surface area contributed by atoms with Crippen molar-refractivity contribution >= 4 is 29.5 Å². The number of fused-ring (bicyclic) bond motifs is 2. The van der Waals surface area contributed by atoms with Crippen LogP contribution in [0.2, 0.25) is 0 Å². The molecule has 0 saturated heterocycles. The lowest BCUT2D eigenvalue weighted by atomic mass is 10.1. The topological polar surface area (TPSA) is 29.5 Å². The lowest BCUT2D eigenvalue weighted by Gasteiger charge is -2.33. The zero-order valence-corrected chi connectivity index (χ0v) is 13.5. The second kappa shape index (κ2) is 6.69. The van der Waals surface area contributed by atoms with E-state index in [1.807, 2.05) is 38.1 Å². The first kappa shape index (κ1) is 15.3. The number of para-hydroxylation sites is 2. The molecule has 0 saturated carbocycles. The van der Waals surface area contributed by atoms with Crippen molar-refractivity contribution in [2.75, 3.05) is 11.5 Å². The second-order valence-corrected chi connectivity index (χ2v) is 5.50. The largest absolute Gasteiger partial charge is 0.464 e. The Hall–Kier alpha value is -2.55. The fourth-order valence-corrected chi connectivity index (χ4v) is 3.03. The summed E-state index contributed by atoms with van der Waals surface area (Å²) in [5, 5.41) is 0. The molecule has 0 N–H and O–H groups in total. The molecular formula is C20H21NO2. The number of benzene rings is 2. The Morgan fingerprint density at radius 3 is 1.96 bits per heavy atom. The third kappa shape index (κ3) is 2.87. The third-order valence-corrected chi connectivity index (χ3v) is 4.09. The zero-order chi connectivity index (χ0) is 16.2. The van der Waals surface area contributed by atoms with Gasteiger partial charge in [0.05, 0.1) is 6.61 Å². The van der Waals surface area contributed by atoms with E-state index in [0.717, 1.165) is 22.5 Å². The third-order valence-electron chi connectivity index (χ3n) is 4.09. The molecule has 1 heterocycles. The fourth-order valence-electron chi connectivity index (χ4n) is 3.03. The minimum absolute atomic E-state index is 0.179. The van der Waals surface area contributed by atoms with Gasteiger partial charge in [-0.2, -0.15) is 0 Å². The molecule has 0 radical (unpaired) electrons. The molecule has 3 nitrogen and oxygen atoms in total. The minimum Gasteiger partial charge on any atom is -0.464 e. The van der Waals surface area contributed by atoms with E-state index >= 15 is 0 Å². The first-order chi connectivity index (χ1) is 11.3. The fraction of sp³-hybridized carbons (Fsp3) is 0.250. The summed E-state index contributed by atoms with van der Waals surface area (Å²) in [6.07, 6.45) is 4.89. The number of esters is 1. The summed E-state index contributed by atoms with van der Waals surface area (Å²) < 4.78 is 5.32. The summed E-state index contributed by atoms with van der Waals surface area (Å²) in [4.78, 5) is 14.6. The lowest BCUT2D eigenvalue weighted by Crippen LogP contribution is -2.39. The van der Waals surface area contributed by atoms with Gasteiger partial charge < -0.3 is 9.64 Å². The Morgan fingerprint density at radius 1 is 0.957 bits per heavy atom. The van der Waals surface area contributed by atoms with Crippen LogP contribution in [0.4, 0.5) is 11.4 Å². The predicted molar refractivity (Wildman–Crippen MR) is 94.7 cm³/mol. The number of nitrogens with zero attached hydrogens (tertiary/aromatic N) is 1. The van der Waals surface area contributed by atoms with E-state index in [1.165, 1.54) is 0 Å². The van der Waals surface area contributed by atoms with Crippen LogP contribution in [0.25, 0.3) is 12.2 Å². The van der Waals surface area contributed by atoms with Gasteiger partial charge in [0.15, 0.2) is 0 Å². The van der Waals surface area contributed by atoms with Gasteiger partial charge in [0.2, 0.25) is 0 Å². The quantitative estimate of drug-likeness (QED) is 0.770. The van der Waals surface area contributed by atoms with Crippen molar-refractivity contribution in [3.8, 4) is 0 Å². The Kier molecular flexibility index (Phi) is 4.47. The van der Waals surface area contributed by atoms with E-state index in [4.69, 9.17) is 4.74 Å². The van der Waals surface area contributed by atoms with Gasteiger partial charge in [-0.05, 0) is 36.6 Å². The highest BCUT2D eigenvalue weighted by Crippen LogP contribution is 2.38. The van der Waals surface area contributed by atoms with Crippen molar-refractivity contribution in [2.45, 2.75) is 26.3 Å². The zero-order valence-electron chi connectivity index (χ0n) is 13.5. The van der Waals surface area contributed by atoms with Crippen molar-refractivity contribution in [3.63, 3.8) is 0 Å². The summed E-state index contributed by atoms with van der Waals surface area (Å²) in [5.41, 5.74) is 4.28. The molecule has 0 bridgehead atoms. The summed E-state index contributed by atoms with van der Waals surface area (Å²) in [7, 11) is 0. The molecule has 23 heavy (non-hydrogen) atoms. The summed E-state index contributed by atoms with van der Waals surface area (Å²) >= 11 is 0. The monoisotopic (exact) mass is 307 g/mol. The summed E-state index contributed by atoms with van der Waals surface area (Å²) in [6.45, 7) is 4.26. The number of anilines is 2. The number of rotatable bonds is 4. The van der Waals surface area contributed by atoms with E-state index in [0.29, 0.717) is 13.0 Å². The molecule has 1 unspecified atom stereocenters. The number of carbonyl (C=O) groups excluding carboxylic acids is 1. The van der Waals surface area contributed by atoms with E-state index < -0.39 is 0 Å². The molecule has 0 aliphatic carbocycles. The molecule has 1 atom stereocenters. The van der Waals surface area contributed by atoms with Gasteiger partial charge in [0.1, 0.15) is 6.04 Å². The molecular weight excluding hydrogens is 286 g/mol. The maximum atomic E-state index is 12.5. The molecule has 3 heteroatoms. The lowest BCUT2D eigenvalue weighted by molar-refractivity contribution is -0.144. The number of ether oxygens (including phenoxy) is 1. The van der Waals surface area contributed by atoms with Gasteiger partial charge in [-0.25, -0.2) is 4.79 Å². The van der Waals surface area contributed by atoms with Gasteiger partial charge in [-0.15, -0.1) is 0 Å². The molecule has 2 aromatic carbocycles. The van der Waals surface area contributed by atoms with E-state index in [-0.39, 0.29) is 12.0 Å². The molecule has 0 fully saturated rings. The smallest absolute Gasteiger partial charge is 0.329 e. The highest BCUT2D eigenvalue weighted by atomic mass is 16.5. The van der Waals surface area contributed by atoms with Crippen LogP contribution in [-0.4, -0.2) is 18.6 Å². The van der Waals surface area contributed by atoms with Crippen molar-refractivity contribution in [1.82, 2.24) is 0 Å². The number of carbonyl (C=O) groups is 1. The van der Waals surface area contributed by atoms with Crippen LogP contribution in [0.15, 0.2) is 48.5 Å². The second-order valence-electron chi connectivity index (χ2n) is 5.50. The summed E-state index contributed by atoms with van der Waals surface area (Å²) in [5.74, 6) is -0.179. The molecule has 0 amide bonds. The van der Waals surface area contributed by atoms with Crippen LogP contribution in [0.5, 0.6) is 0 Å². The van der Waals surface area contributed by atoms with E-state index in [1.54, 1.807) is 0 Å². The minimum atomic E-state index is -0.336. The van der Waals surface area contributed by atoms with Gasteiger partial charge in [0, 0.05) is 11.4 Å². The molecule has 0 spiro atoms. The molecule has 118 valence electrons. The van der Waals surface area contributed by atoms with Crippen molar-refractivity contribution < 1.29 is 9.53 Å². The standard InChI is InChI=1S/C20H21NO2/c1-3-17(20(22)23-4-2)21-18-11-7-5-9-15(18)13-14-16-10-6-8-12-19(16)21/h5-14,17H,3-4H2,1-2H3. The molecule has 0 aromatic heterocycles. The van der Waals surface area contributed by atoms with Crippen molar-refractivity contribution in [2.24, 2.45) is 0 Å². The van der Waals surface area contributed by atoms with Crippen LogP contribution in [0.3, 0.4) is 0 Å². The van der Waals surface area contributed by atoms with Crippen LogP contribution in [-0.2, 0) is 9.53 Å². The Morgan fingerprint density at radius 2 is 1.48 bits per heavy atom. The summed E-state index contributed by atoms with van der Waals surface area (Å²) in [6, 6.07) is 16.0. The molecule has 1 aliphatic rings. The average molecular weight is 307 g/mol.